The molecule has 376 valence electrons. The highest BCUT2D eigenvalue weighted by Crippen LogP contribution is 2.31. The minimum atomic E-state index is -4.46. The van der Waals surface area contributed by atoms with E-state index in [-0.39, 0.29) is 0 Å². The number of aliphatic hydroxyl groups is 4. The largest absolute Gasteiger partial charge is 0.460 e. The van der Waals surface area contributed by atoms with Crippen LogP contribution in [0.4, 0.5) is 35.1 Å². The Morgan fingerprint density at radius 1 is 0.369 bits per heavy atom. The van der Waals surface area contributed by atoms with Crippen molar-refractivity contribution in [2.45, 2.75) is 48.9 Å². The van der Waals surface area contributed by atoms with Crippen LogP contribution in [-0.2, 0) is 76.0 Å². The van der Waals surface area contributed by atoms with Crippen LogP contribution in [0.15, 0.2) is 50.6 Å². The molecule has 0 saturated carbocycles. The lowest BCUT2D eigenvalue weighted by molar-refractivity contribution is -0.318. The number of esters is 4. The van der Waals surface area contributed by atoms with Crippen LogP contribution in [0.25, 0.3) is 0 Å². The van der Waals surface area contributed by atoms with Gasteiger partial charge in [0.25, 0.3) is 0 Å². The molecule has 20 nitrogen and oxygen atoms in total. The molecule has 0 amide bonds. The van der Waals surface area contributed by atoms with Crippen LogP contribution in [0.5, 0.6) is 0 Å². The summed E-state index contributed by atoms with van der Waals surface area (Å²) in [6.07, 6.45) is -21.8. The Labute approximate surface area is 366 Å². The predicted molar refractivity (Wildman–Crippen MR) is 198 cm³/mol. The molecule has 4 unspecified atom stereocenters. The summed E-state index contributed by atoms with van der Waals surface area (Å²) in [5.41, 5.74) is -2.73. The first-order valence-corrected chi connectivity index (χ1v) is 18.5. The summed E-state index contributed by atoms with van der Waals surface area (Å²) >= 11 is 0. The quantitative estimate of drug-likeness (QED) is 0.0287. The predicted octanol–water partition coefficient (Wildman–Crippen LogP) is 0.837. The molecule has 0 rings (SSSR count). The smallest absolute Gasteiger partial charge is 0.379 e. The Morgan fingerprint density at radius 2 is 0.615 bits per heavy atom. The third-order valence-electron chi connectivity index (χ3n) is 7.01. The number of halogens is 8. The van der Waals surface area contributed by atoms with Gasteiger partial charge < -0.3 is 77.3 Å². The zero-order valence-electron chi connectivity index (χ0n) is 34.6. The topological polar surface area (TPSA) is 260 Å². The van der Waals surface area contributed by atoms with Crippen LogP contribution < -0.4 is 0 Å². The molecular weight excluding hydrogens is 916 g/mol. The van der Waals surface area contributed by atoms with E-state index in [1.165, 1.54) is 0 Å². The number of hydrogen-bond acceptors (Lipinski definition) is 20. The van der Waals surface area contributed by atoms with E-state index in [9.17, 15) is 74.7 Å². The SMILES string of the molecule is C=CC(=O)OCC(O)COCC(F)(F)OCC(COCC(F)(F)OCC(O)COC(=O)C=C)(COCC(F)(F)OCC(O)COC(=O)C=C)COC(F)(F)COCC(O)COC(=O)C=C. The molecule has 4 atom stereocenters. The zero-order valence-corrected chi connectivity index (χ0v) is 34.6. The molecular formula is C37H52F8O20. The second kappa shape index (κ2) is 30.9. The lowest BCUT2D eigenvalue weighted by Crippen LogP contribution is -2.48. The maximum atomic E-state index is 15.0. The number of ether oxygens (including phenoxy) is 12. The first kappa shape index (κ1) is 60.8. The van der Waals surface area contributed by atoms with Gasteiger partial charge >= 0.3 is 48.3 Å². The van der Waals surface area contributed by atoms with E-state index < -0.39 is 184 Å². The van der Waals surface area contributed by atoms with Crippen molar-refractivity contribution in [2.24, 2.45) is 5.41 Å². The fourth-order valence-corrected chi connectivity index (χ4v) is 3.91. The molecule has 0 heterocycles. The Kier molecular flexibility index (Phi) is 28.9. The summed E-state index contributed by atoms with van der Waals surface area (Å²) in [4.78, 5) is 44.7. The fourth-order valence-electron chi connectivity index (χ4n) is 3.91. The van der Waals surface area contributed by atoms with Crippen LogP contribution >= 0.6 is 0 Å². The number of carbonyl (C=O) groups excluding carboxylic acids is 4. The first-order valence-electron chi connectivity index (χ1n) is 18.5. The number of alkyl halides is 8. The highest BCUT2D eigenvalue weighted by Gasteiger charge is 2.44. The highest BCUT2D eigenvalue weighted by molar-refractivity contribution is 5.82. The Balaban J connectivity index is 6.38. The molecule has 0 bridgehead atoms. The lowest BCUT2D eigenvalue weighted by Gasteiger charge is -2.36. The van der Waals surface area contributed by atoms with Gasteiger partial charge in [0.1, 0.15) is 77.3 Å². The third-order valence-corrected chi connectivity index (χ3v) is 7.01. The molecule has 28 heteroatoms. The molecule has 65 heavy (non-hydrogen) atoms. The molecule has 0 saturated heterocycles. The molecule has 0 aromatic heterocycles. The Morgan fingerprint density at radius 3 is 0.892 bits per heavy atom. The van der Waals surface area contributed by atoms with Crippen molar-refractivity contribution >= 4 is 23.9 Å². The van der Waals surface area contributed by atoms with Gasteiger partial charge in [0.2, 0.25) is 0 Å². The summed E-state index contributed by atoms with van der Waals surface area (Å²) in [5.74, 6) is -4.02. The molecule has 0 aromatic rings. The second-order valence-electron chi connectivity index (χ2n) is 13.2. The van der Waals surface area contributed by atoms with Gasteiger partial charge in [-0.15, -0.1) is 0 Å². The van der Waals surface area contributed by atoms with E-state index >= 15 is 0 Å². The molecule has 4 N–H and O–H groups in total. The number of carbonyl (C=O) groups is 4. The second-order valence-corrected chi connectivity index (χ2v) is 13.2. The summed E-state index contributed by atoms with van der Waals surface area (Å²) in [5, 5.41) is 39.2. The van der Waals surface area contributed by atoms with Crippen LogP contribution in [-0.4, -0.2) is 199 Å². The lowest BCUT2D eigenvalue weighted by atomic mass is 9.92. The summed E-state index contributed by atoms with van der Waals surface area (Å²) in [7, 11) is 0. The van der Waals surface area contributed by atoms with Crippen LogP contribution in [0.1, 0.15) is 0 Å². The maximum Gasteiger partial charge on any atom is 0.379 e. The molecule has 0 radical (unpaired) electrons. The molecule has 0 aliphatic heterocycles. The minimum absolute atomic E-state index is 0.698. The van der Waals surface area contributed by atoms with Crippen LogP contribution in [0.2, 0.25) is 0 Å². The van der Waals surface area contributed by atoms with E-state index in [4.69, 9.17) is 9.47 Å². The van der Waals surface area contributed by atoms with E-state index in [0.717, 1.165) is 12.2 Å². The highest BCUT2D eigenvalue weighted by atomic mass is 19.3. The third kappa shape index (κ3) is 31.4. The number of hydrogen-bond donors (Lipinski definition) is 4. The van der Waals surface area contributed by atoms with Gasteiger partial charge in [0.15, 0.2) is 0 Å². The first-order chi connectivity index (χ1) is 30.2. The van der Waals surface area contributed by atoms with E-state index in [0.29, 0.717) is 12.2 Å². The molecule has 0 aromatic carbocycles. The van der Waals surface area contributed by atoms with Crippen molar-refractivity contribution in [1.29, 1.82) is 0 Å². The van der Waals surface area contributed by atoms with E-state index in [2.05, 4.69) is 73.7 Å². The molecule has 0 aliphatic rings. The number of rotatable bonds is 40. The van der Waals surface area contributed by atoms with Crippen LogP contribution in [0.3, 0.4) is 0 Å². The molecule has 0 aliphatic carbocycles. The minimum Gasteiger partial charge on any atom is -0.460 e. The summed E-state index contributed by atoms with van der Waals surface area (Å²) in [6, 6.07) is 0. The van der Waals surface area contributed by atoms with Gasteiger partial charge in [0, 0.05) is 24.3 Å². The molecule has 0 fully saturated rings. The number of aliphatic hydroxyl groups excluding tert-OH is 4. The van der Waals surface area contributed by atoms with Crippen molar-refractivity contribution in [3.63, 3.8) is 0 Å². The summed E-state index contributed by atoms with van der Waals surface area (Å²) in [6.45, 7) is -8.33. The monoisotopic (exact) mass is 968 g/mol. The standard InChI is InChI=1S/C37H52F8O20/c1-5-29(50)58-11-25(46)9-54-21-36(42,43)64-19-33(17-56-23-34(38,39)62-15-27(48)13-60-31(52)7-3,18-57-24-35(40,41)63-16-28(49)14-61-32(53)8-4)20-65-37(44,45)22-55-10-26(47)12-59-30(51)6-2/h5-8,25-28,46-49H,1-4,9-24H2. The van der Waals surface area contributed by atoms with Crippen molar-refractivity contribution < 1.29 is 132 Å². The van der Waals surface area contributed by atoms with Crippen molar-refractivity contribution in [3.05, 3.63) is 50.6 Å². The Bertz CT molecular complexity index is 1370. The fraction of sp³-hybridized carbons (Fsp3) is 0.676. The van der Waals surface area contributed by atoms with Gasteiger partial charge in [-0.3, -0.25) is 0 Å². The Hall–Kier alpha value is -4.20. The zero-order chi connectivity index (χ0) is 49.7. The van der Waals surface area contributed by atoms with E-state index in [1.807, 2.05) is 0 Å². The van der Waals surface area contributed by atoms with Gasteiger partial charge in [-0.05, 0) is 0 Å². The average molecular weight is 969 g/mol. The van der Waals surface area contributed by atoms with Gasteiger partial charge in [-0.25, -0.2) is 19.2 Å². The average Bonchev–Trinajstić information content (AvgIpc) is 3.25. The van der Waals surface area contributed by atoms with Gasteiger partial charge in [-0.1, -0.05) is 26.3 Å². The van der Waals surface area contributed by atoms with E-state index in [1.54, 1.807) is 0 Å². The van der Waals surface area contributed by atoms with Gasteiger partial charge in [-0.2, -0.15) is 35.1 Å². The van der Waals surface area contributed by atoms with Crippen molar-refractivity contribution in [1.82, 2.24) is 0 Å². The summed E-state index contributed by atoms with van der Waals surface area (Å²) < 4.78 is 173. The molecule has 0 spiro atoms. The van der Waals surface area contributed by atoms with Crippen molar-refractivity contribution in [3.8, 4) is 0 Å². The van der Waals surface area contributed by atoms with Crippen molar-refractivity contribution in [2.75, 3.05) is 106 Å². The van der Waals surface area contributed by atoms with Gasteiger partial charge in [0.05, 0.1) is 58.3 Å². The normalized spacial score (nSPS) is 15.1. The maximum absolute atomic E-state index is 15.0. The van der Waals surface area contributed by atoms with Crippen LogP contribution in [0, 0.1) is 5.41 Å².